The fraction of sp³-hybridized carbons (Fsp3) is 0.250. The van der Waals surface area contributed by atoms with Crippen LogP contribution >= 0.6 is 0 Å². The van der Waals surface area contributed by atoms with Crippen LogP contribution in [0.15, 0.2) is 60.7 Å². The predicted molar refractivity (Wildman–Crippen MR) is 77.6 cm³/mol. The number of unbranched alkanes of at least 4 members (excludes halogenated alkanes) is 1. The quantitative estimate of drug-likeness (QED) is 0.739. The molecule has 2 aromatic rings. The van der Waals surface area contributed by atoms with E-state index in [1.165, 1.54) is 17.3 Å². The van der Waals surface area contributed by atoms with E-state index in [1.807, 2.05) is 0 Å². The Morgan fingerprint density at radius 2 is 1.24 bits per heavy atom. The van der Waals surface area contributed by atoms with Gasteiger partial charge >= 0.3 is 112 Å². The van der Waals surface area contributed by atoms with Gasteiger partial charge in [0.15, 0.2) is 0 Å². The first-order valence-corrected chi connectivity index (χ1v) is 11.3. The van der Waals surface area contributed by atoms with Gasteiger partial charge in [-0.05, 0) is 0 Å². The van der Waals surface area contributed by atoms with E-state index in [0.29, 0.717) is 0 Å². The zero-order valence-corrected chi connectivity index (χ0v) is 13.2. The van der Waals surface area contributed by atoms with E-state index in [1.54, 1.807) is 7.16 Å². The van der Waals surface area contributed by atoms with Crippen molar-refractivity contribution < 1.29 is 0 Å². The molecule has 0 amide bonds. The second-order valence-corrected chi connectivity index (χ2v) is 11.8. The zero-order valence-electron chi connectivity index (χ0n) is 10.4. The monoisotopic (exact) mass is 331 g/mol. The van der Waals surface area contributed by atoms with Crippen LogP contribution in [0.4, 0.5) is 0 Å². The molecule has 86 valence electrons. The van der Waals surface area contributed by atoms with Gasteiger partial charge in [-0.25, -0.2) is 0 Å². The van der Waals surface area contributed by atoms with Crippen LogP contribution in [0.25, 0.3) is 0 Å². The standard InChI is InChI=1S/2C6H5.C4H9.Sn/c2*1-2-4-6-5-3-1;1-3-4-2;/h2*1-5H;1,3-4H2,2H3;/q;;;+1. The summed E-state index contributed by atoms with van der Waals surface area (Å²) in [5.74, 6) is 0. The summed E-state index contributed by atoms with van der Waals surface area (Å²) >= 11 is -1.60. The average molecular weight is 330 g/mol. The minimum absolute atomic E-state index is 1.31. The van der Waals surface area contributed by atoms with Crippen molar-refractivity contribution in [2.75, 3.05) is 0 Å². The summed E-state index contributed by atoms with van der Waals surface area (Å²) in [5, 5.41) is 0. The van der Waals surface area contributed by atoms with Crippen LogP contribution in [0.2, 0.25) is 4.44 Å². The van der Waals surface area contributed by atoms with Gasteiger partial charge in [0.25, 0.3) is 0 Å². The molecule has 0 atom stereocenters. The first-order chi connectivity index (χ1) is 8.42. The van der Waals surface area contributed by atoms with E-state index >= 15 is 0 Å². The number of rotatable bonds is 5. The summed E-state index contributed by atoms with van der Waals surface area (Å²) in [5.41, 5.74) is 0. The Balaban J connectivity index is 2.26. The molecule has 0 N–H and O–H groups in total. The molecule has 0 unspecified atom stereocenters. The predicted octanol–water partition coefficient (Wildman–Crippen LogP) is 3.10. The minimum atomic E-state index is -1.60. The zero-order chi connectivity index (χ0) is 11.9. The summed E-state index contributed by atoms with van der Waals surface area (Å²) in [6.07, 6.45) is 2.68. The molecule has 0 spiro atoms. The van der Waals surface area contributed by atoms with Crippen molar-refractivity contribution >= 4 is 26.9 Å². The van der Waals surface area contributed by atoms with E-state index in [0.717, 1.165) is 0 Å². The van der Waals surface area contributed by atoms with Gasteiger partial charge in [0, 0.05) is 0 Å². The van der Waals surface area contributed by atoms with Gasteiger partial charge in [0.05, 0.1) is 0 Å². The Bertz CT molecular complexity index is 382. The van der Waals surface area contributed by atoms with Crippen molar-refractivity contribution in [1.82, 2.24) is 0 Å². The molecule has 1 heteroatoms. The van der Waals surface area contributed by atoms with Crippen molar-refractivity contribution in [3.05, 3.63) is 60.7 Å². The van der Waals surface area contributed by atoms with Gasteiger partial charge in [0.2, 0.25) is 0 Å². The van der Waals surface area contributed by atoms with Crippen LogP contribution in [0, 0.1) is 0 Å². The third-order valence-corrected chi connectivity index (χ3v) is 11.3. The average Bonchev–Trinajstić information content (AvgIpc) is 2.42. The van der Waals surface area contributed by atoms with Gasteiger partial charge < -0.3 is 0 Å². The van der Waals surface area contributed by atoms with Crippen LogP contribution < -0.4 is 7.16 Å². The van der Waals surface area contributed by atoms with Crippen molar-refractivity contribution in [3.63, 3.8) is 0 Å². The molecule has 2 aromatic carbocycles. The summed E-state index contributed by atoms with van der Waals surface area (Å²) in [4.78, 5) is 0. The Kier molecular flexibility index (Phi) is 5.11. The maximum atomic E-state index is 2.33. The SMILES string of the molecule is CCC[CH2][Sn+]([c]1ccccc1)[c]1ccccc1. The first kappa shape index (κ1) is 12.7. The molecule has 0 saturated carbocycles. The third-order valence-electron chi connectivity index (χ3n) is 3.02. The van der Waals surface area contributed by atoms with Crippen molar-refractivity contribution in [3.8, 4) is 0 Å². The number of benzene rings is 2. The normalized spacial score (nSPS) is 10.2. The van der Waals surface area contributed by atoms with E-state index < -0.39 is 19.8 Å². The molecule has 0 heterocycles. The van der Waals surface area contributed by atoms with Gasteiger partial charge in [0.1, 0.15) is 0 Å². The van der Waals surface area contributed by atoms with Crippen molar-refractivity contribution in [2.45, 2.75) is 24.2 Å². The van der Waals surface area contributed by atoms with Crippen LogP contribution in [0.5, 0.6) is 0 Å². The molecular weight excluding hydrogens is 311 g/mol. The number of hydrogen-bond donors (Lipinski definition) is 0. The molecule has 0 fully saturated rings. The second-order valence-electron chi connectivity index (χ2n) is 4.31. The summed E-state index contributed by atoms with van der Waals surface area (Å²) < 4.78 is 4.70. The molecule has 17 heavy (non-hydrogen) atoms. The molecule has 0 aliphatic heterocycles. The molecule has 2 rings (SSSR count). The molecule has 0 aliphatic rings. The Hall–Kier alpha value is -0.761. The van der Waals surface area contributed by atoms with Crippen molar-refractivity contribution in [1.29, 1.82) is 0 Å². The van der Waals surface area contributed by atoms with Gasteiger partial charge in [-0.2, -0.15) is 0 Å². The second kappa shape index (κ2) is 6.85. The Labute approximate surface area is 111 Å². The van der Waals surface area contributed by atoms with Crippen LogP contribution in [-0.2, 0) is 0 Å². The van der Waals surface area contributed by atoms with E-state index in [9.17, 15) is 0 Å². The van der Waals surface area contributed by atoms with E-state index in [-0.39, 0.29) is 0 Å². The molecule has 0 aromatic heterocycles. The van der Waals surface area contributed by atoms with Crippen molar-refractivity contribution in [2.24, 2.45) is 0 Å². The Morgan fingerprint density at radius 1 is 0.765 bits per heavy atom. The van der Waals surface area contributed by atoms with E-state index in [4.69, 9.17) is 0 Å². The molecular formula is C16H19Sn+. The van der Waals surface area contributed by atoms with Crippen LogP contribution in [-0.4, -0.2) is 19.8 Å². The van der Waals surface area contributed by atoms with Gasteiger partial charge in [-0.1, -0.05) is 0 Å². The van der Waals surface area contributed by atoms with Crippen LogP contribution in [0.3, 0.4) is 0 Å². The summed E-state index contributed by atoms with van der Waals surface area (Å²) in [7, 11) is 0. The third kappa shape index (κ3) is 3.60. The molecule has 0 nitrogen and oxygen atoms in total. The van der Waals surface area contributed by atoms with Crippen LogP contribution in [0.1, 0.15) is 19.8 Å². The van der Waals surface area contributed by atoms with Gasteiger partial charge in [-0.3, -0.25) is 0 Å². The first-order valence-electron chi connectivity index (χ1n) is 6.38. The molecule has 0 bridgehead atoms. The maximum absolute atomic E-state index is 2.33. The van der Waals surface area contributed by atoms with E-state index in [2.05, 4.69) is 67.6 Å². The fourth-order valence-electron chi connectivity index (χ4n) is 2.09. The molecule has 0 radical (unpaired) electrons. The number of hydrogen-bond acceptors (Lipinski definition) is 0. The fourth-order valence-corrected chi connectivity index (χ4v) is 10.1. The molecule has 0 aliphatic carbocycles. The topological polar surface area (TPSA) is 0 Å². The molecule has 0 saturated heterocycles. The summed E-state index contributed by atoms with van der Waals surface area (Å²) in [6, 6.07) is 22.3. The Morgan fingerprint density at radius 3 is 1.65 bits per heavy atom. The van der Waals surface area contributed by atoms with Gasteiger partial charge in [-0.15, -0.1) is 0 Å². The summed E-state index contributed by atoms with van der Waals surface area (Å²) in [6.45, 7) is 2.29.